The van der Waals surface area contributed by atoms with E-state index < -0.39 is 12.0 Å². The van der Waals surface area contributed by atoms with Gasteiger partial charge in [0, 0.05) is 36.7 Å². The van der Waals surface area contributed by atoms with Crippen LogP contribution < -0.4 is 21.1 Å². The lowest BCUT2D eigenvalue weighted by atomic mass is 9.68. The van der Waals surface area contributed by atoms with E-state index in [1.807, 2.05) is 6.07 Å². The number of hydrogen-bond donors (Lipinski definition) is 3. The number of Topliss-reactive ketones (excluding diaryl/α,β-unsaturated/α-hetero) is 1. The number of benzene rings is 1. The van der Waals surface area contributed by atoms with Crippen molar-refractivity contribution in [3.8, 4) is 5.75 Å². The first kappa shape index (κ1) is 17.5. The highest BCUT2D eigenvalue weighted by atomic mass is 16.5. The molecule has 1 atom stereocenters. The highest BCUT2D eigenvalue weighted by Crippen LogP contribution is 2.43. The summed E-state index contributed by atoms with van der Waals surface area (Å²) in [5.74, 6) is 0.376. The summed E-state index contributed by atoms with van der Waals surface area (Å²) in [5.41, 5.74) is 7.15. The Morgan fingerprint density at radius 3 is 2.65 bits per heavy atom. The predicted octanol–water partition coefficient (Wildman–Crippen LogP) is 1.38. The molecule has 3 aliphatic rings. The van der Waals surface area contributed by atoms with Gasteiger partial charge in [-0.25, -0.2) is 0 Å². The van der Waals surface area contributed by atoms with E-state index in [-0.39, 0.29) is 11.7 Å². The minimum absolute atomic E-state index is 0.0777. The molecule has 6 nitrogen and oxygen atoms in total. The number of carbonyl (C=O) groups is 2. The first-order valence-electron chi connectivity index (χ1n) is 9.61. The Morgan fingerprint density at radius 2 is 1.96 bits per heavy atom. The molecular weight excluding hydrogens is 330 g/mol. The zero-order valence-electron chi connectivity index (χ0n) is 15.1. The Morgan fingerprint density at radius 1 is 1.15 bits per heavy atom. The van der Waals surface area contributed by atoms with E-state index in [9.17, 15) is 9.59 Å². The van der Waals surface area contributed by atoms with Gasteiger partial charge in [-0.05, 0) is 56.2 Å². The molecule has 1 unspecified atom stereocenters. The number of nitrogens with one attached hydrogen (secondary N) is 2. The average Bonchev–Trinajstić information content (AvgIpc) is 2.98. The molecule has 1 amide bonds. The maximum absolute atomic E-state index is 13.1. The summed E-state index contributed by atoms with van der Waals surface area (Å²) in [5, 5.41) is 6.77. The second-order valence-corrected chi connectivity index (χ2v) is 8.03. The van der Waals surface area contributed by atoms with Gasteiger partial charge in [0.25, 0.3) is 0 Å². The summed E-state index contributed by atoms with van der Waals surface area (Å²) < 4.78 is 6.05. The quantitative estimate of drug-likeness (QED) is 0.760. The first-order valence-corrected chi connectivity index (χ1v) is 9.61. The predicted molar refractivity (Wildman–Crippen MR) is 98.0 cm³/mol. The fourth-order valence-electron chi connectivity index (χ4n) is 4.65. The lowest BCUT2D eigenvalue weighted by molar-refractivity contribution is -0.131. The monoisotopic (exact) mass is 357 g/mol. The zero-order chi connectivity index (χ0) is 18.1. The molecule has 2 heterocycles. The molecular formula is C20H27N3O3. The van der Waals surface area contributed by atoms with Gasteiger partial charge in [-0.1, -0.05) is 6.07 Å². The van der Waals surface area contributed by atoms with Crippen LogP contribution in [0.25, 0.3) is 0 Å². The van der Waals surface area contributed by atoms with Crippen molar-refractivity contribution >= 4 is 11.7 Å². The molecule has 6 heteroatoms. The molecule has 1 aromatic carbocycles. The molecule has 4 rings (SSSR count). The first-order chi connectivity index (χ1) is 12.6. The third-order valence-corrected chi connectivity index (χ3v) is 6.36. The van der Waals surface area contributed by atoms with Crippen molar-refractivity contribution in [2.75, 3.05) is 19.6 Å². The van der Waals surface area contributed by atoms with Gasteiger partial charge in [0.05, 0.1) is 0 Å². The van der Waals surface area contributed by atoms with Crippen molar-refractivity contribution in [3.63, 3.8) is 0 Å². The van der Waals surface area contributed by atoms with Gasteiger partial charge < -0.3 is 21.1 Å². The van der Waals surface area contributed by atoms with Gasteiger partial charge in [0.15, 0.2) is 11.9 Å². The van der Waals surface area contributed by atoms with Crippen LogP contribution in [0.5, 0.6) is 5.75 Å². The van der Waals surface area contributed by atoms with E-state index in [0.29, 0.717) is 29.8 Å². The van der Waals surface area contributed by atoms with E-state index in [0.717, 1.165) is 44.3 Å². The van der Waals surface area contributed by atoms with Crippen LogP contribution in [0.1, 0.15) is 48.0 Å². The number of ketones is 1. The largest absolute Gasteiger partial charge is 0.481 e. The Labute approximate surface area is 153 Å². The van der Waals surface area contributed by atoms with Crippen LogP contribution in [-0.4, -0.2) is 37.4 Å². The van der Waals surface area contributed by atoms with Crippen LogP contribution in [0.15, 0.2) is 18.2 Å². The molecule has 2 aliphatic heterocycles. The second-order valence-electron chi connectivity index (χ2n) is 8.03. The van der Waals surface area contributed by atoms with Crippen molar-refractivity contribution in [2.45, 2.75) is 44.8 Å². The van der Waals surface area contributed by atoms with Gasteiger partial charge in [0.2, 0.25) is 5.91 Å². The van der Waals surface area contributed by atoms with E-state index in [1.54, 1.807) is 12.1 Å². The molecule has 140 valence electrons. The van der Waals surface area contributed by atoms with Crippen LogP contribution in [0.4, 0.5) is 0 Å². The van der Waals surface area contributed by atoms with Crippen molar-refractivity contribution in [1.82, 2.24) is 10.6 Å². The summed E-state index contributed by atoms with van der Waals surface area (Å²) in [6.45, 7) is 3.33. The fourth-order valence-corrected chi connectivity index (χ4v) is 4.65. The standard InChI is InChI=1S/C20H27N3O3/c21-19(25)14-1-2-15-10-23-11-17(26-16(15)9-14)18(24)13-3-5-20(6-4-13)7-8-22-12-20/h1-2,9,13,17,22-23H,3-8,10-12H2,(H2,21,25). The Balaban J connectivity index is 1.45. The zero-order valence-corrected chi connectivity index (χ0v) is 15.1. The normalized spacial score (nSPS) is 31.1. The topological polar surface area (TPSA) is 93.5 Å². The van der Waals surface area contributed by atoms with Gasteiger partial charge in [-0.15, -0.1) is 0 Å². The molecule has 26 heavy (non-hydrogen) atoms. The van der Waals surface area contributed by atoms with Crippen molar-refractivity contribution in [2.24, 2.45) is 17.1 Å². The molecule has 1 aliphatic carbocycles. The lowest BCUT2D eigenvalue weighted by Crippen LogP contribution is -2.42. The van der Waals surface area contributed by atoms with E-state index >= 15 is 0 Å². The smallest absolute Gasteiger partial charge is 0.248 e. The van der Waals surface area contributed by atoms with Crippen molar-refractivity contribution in [3.05, 3.63) is 29.3 Å². The molecule has 0 aromatic heterocycles. The Bertz CT molecular complexity index is 702. The SMILES string of the molecule is NC(=O)c1ccc2c(c1)OC(C(=O)C1CCC3(CCNC3)CC1)CNC2. The number of primary amides is 1. The number of ether oxygens (including phenoxy) is 1. The van der Waals surface area contributed by atoms with E-state index in [4.69, 9.17) is 10.5 Å². The highest BCUT2D eigenvalue weighted by molar-refractivity contribution is 5.93. The molecule has 4 N–H and O–H groups in total. The lowest BCUT2D eigenvalue weighted by Gasteiger charge is -2.37. The summed E-state index contributed by atoms with van der Waals surface area (Å²) in [7, 11) is 0. The number of carbonyl (C=O) groups excluding carboxylic acids is 2. The minimum atomic E-state index is -0.500. The van der Waals surface area contributed by atoms with Crippen LogP contribution >= 0.6 is 0 Å². The number of nitrogens with two attached hydrogens (primary N) is 1. The maximum atomic E-state index is 13.1. The van der Waals surface area contributed by atoms with Gasteiger partial charge in [-0.3, -0.25) is 9.59 Å². The highest BCUT2D eigenvalue weighted by Gasteiger charge is 2.41. The van der Waals surface area contributed by atoms with Gasteiger partial charge in [-0.2, -0.15) is 0 Å². The van der Waals surface area contributed by atoms with Crippen LogP contribution in [0.2, 0.25) is 0 Å². The number of fused-ring (bicyclic) bond motifs is 1. The van der Waals surface area contributed by atoms with Crippen molar-refractivity contribution < 1.29 is 14.3 Å². The van der Waals surface area contributed by atoms with Crippen LogP contribution in [-0.2, 0) is 11.3 Å². The number of rotatable bonds is 3. The molecule has 1 spiro atoms. The summed E-state index contributed by atoms with van der Waals surface area (Å²) in [6, 6.07) is 5.20. The third-order valence-electron chi connectivity index (χ3n) is 6.36. The number of hydrogen-bond acceptors (Lipinski definition) is 5. The fraction of sp³-hybridized carbons (Fsp3) is 0.600. The van der Waals surface area contributed by atoms with E-state index in [1.165, 1.54) is 6.42 Å². The van der Waals surface area contributed by atoms with Gasteiger partial charge in [0.1, 0.15) is 5.75 Å². The molecule has 0 bridgehead atoms. The molecule has 0 radical (unpaired) electrons. The summed E-state index contributed by atoms with van der Waals surface area (Å²) in [4.78, 5) is 24.5. The third kappa shape index (κ3) is 3.35. The minimum Gasteiger partial charge on any atom is -0.481 e. The molecule has 1 saturated carbocycles. The number of amides is 1. The van der Waals surface area contributed by atoms with Gasteiger partial charge >= 0.3 is 0 Å². The van der Waals surface area contributed by atoms with Crippen molar-refractivity contribution in [1.29, 1.82) is 0 Å². The summed E-state index contributed by atoms with van der Waals surface area (Å²) in [6.07, 6.45) is 4.89. The average molecular weight is 357 g/mol. The van der Waals surface area contributed by atoms with Crippen LogP contribution in [0, 0.1) is 11.3 Å². The van der Waals surface area contributed by atoms with Crippen LogP contribution in [0.3, 0.4) is 0 Å². The molecule has 2 fully saturated rings. The second kappa shape index (κ2) is 7.00. The summed E-state index contributed by atoms with van der Waals surface area (Å²) >= 11 is 0. The Kier molecular flexibility index (Phi) is 4.71. The maximum Gasteiger partial charge on any atom is 0.248 e. The molecule has 1 aromatic rings. The molecule has 1 saturated heterocycles. The Hall–Kier alpha value is -1.92. The van der Waals surface area contributed by atoms with E-state index in [2.05, 4.69) is 10.6 Å².